The van der Waals surface area contributed by atoms with E-state index in [0.717, 1.165) is 0 Å². The summed E-state index contributed by atoms with van der Waals surface area (Å²) in [4.78, 5) is 17.1. The molecule has 134 valence electrons. The summed E-state index contributed by atoms with van der Waals surface area (Å²) in [7, 11) is -5.63. The average Bonchev–Trinajstić information content (AvgIpc) is 2.73. The quantitative estimate of drug-likeness (QED) is 0.573. The van der Waals surface area contributed by atoms with E-state index in [1.54, 1.807) is 19.9 Å². The molecule has 2 aromatic rings. The fourth-order valence-electron chi connectivity index (χ4n) is 1.88. The number of thiophene rings is 1. The zero-order valence-electron chi connectivity index (χ0n) is 12.8. The van der Waals surface area contributed by atoms with Crippen LogP contribution in [0, 0.1) is 0 Å². The zero-order valence-corrected chi connectivity index (χ0v) is 16.1. The van der Waals surface area contributed by atoms with E-state index in [2.05, 4.69) is 15.9 Å². The number of hydrogen-bond donors (Lipinski definition) is 3. The van der Waals surface area contributed by atoms with E-state index in [1.165, 1.54) is 12.1 Å². The van der Waals surface area contributed by atoms with Crippen molar-refractivity contribution in [2.24, 2.45) is 0 Å². The summed E-state index contributed by atoms with van der Waals surface area (Å²) < 4.78 is 44.8. The lowest BCUT2D eigenvalue weighted by molar-refractivity contribution is 0.0553. The molecule has 0 saturated carbocycles. The summed E-state index contributed by atoms with van der Waals surface area (Å²) in [6.07, 6.45) is 0.390. The first-order chi connectivity index (χ1) is 10.8. The first kappa shape index (κ1) is 19.8. The average molecular weight is 445 g/mol. The molecule has 0 bridgehead atoms. The highest BCUT2D eigenvalue weighted by Crippen LogP contribution is 2.63. The first-order valence-electron chi connectivity index (χ1n) is 6.84. The molecule has 1 aromatic heterocycles. The van der Waals surface area contributed by atoms with Crippen molar-refractivity contribution in [3.05, 3.63) is 27.5 Å². The minimum atomic E-state index is -5.63. The van der Waals surface area contributed by atoms with Gasteiger partial charge in [-0.2, -0.15) is 8.78 Å². The molecular weight excluding hydrogens is 429 g/mol. The van der Waals surface area contributed by atoms with Crippen molar-refractivity contribution >= 4 is 44.9 Å². The van der Waals surface area contributed by atoms with Crippen molar-refractivity contribution in [2.75, 3.05) is 6.61 Å². The molecular formula is C14H16BrF2O5PS. The topological polar surface area (TPSA) is 87.0 Å². The third-order valence-electron chi connectivity index (χ3n) is 3.22. The van der Waals surface area contributed by atoms with Crippen molar-refractivity contribution < 1.29 is 33.0 Å². The van der Waals surface area contributed by atoms with Crippen LogP contribution in [0.1, 0.15) is 25.1 Å². The third-order valence-corrected chi connectivity index (χ3v) is 6.64. The van der Waals surface area contributed by atoms with Gasteiger partial charge in [-0.1, -0.05) is 0 Å². The molecule has 0 saturated heterocycles. The van der Waals surface area contributed by atoms with Crippen LogP contribution in [-0.2, 0) is 10.2 Å². The SMILES string of the molecule is CC(C)(O)CCOc1ccc2c(Br)c(C(F)(F)P(=O)(O)O)sc2c1. The van der Waals surface area contributed by atoms with Crippen LogP contribution in [0.25, 0.3) is 10.1 Å². The lowest BCUT2D eigenvalue weighted by Crippen LogP contribution is -2.21. The summed E-state index contributed by atoms with van der Waals surface area (Å²) in [6, 6.07) is 4.63. The number of rotatable bonds is 6. The van der Waals surface area contributed by atoms with Gasteiger partial charge in [-0.25, -0.2) is 0 Å². The molecule has 2 rings (SSSR count). The Morgan fingerprint density at radius 2 is 1.96 bits per heavy atom. The Balaban J connectivity index is 2.33. The summed E-state index contributed by atoms with van der Waals surface area (Å²) in [5, 5.41) is 10.0. The highest BCUT2D eigenvalue weighted by Gasteiger charge is 2.53. The molecule has 0 radical (unpaired) electrons. The first-order valence-corrected chi connectivity index (χ1v) is 10.1. The van der Waals surface area contributed by atoms with E-state index >= 15 is 0 Å². The normalized spacial score (nSPS) is 13.5. The number of aliphatic hydroxyl groups is 1. The van der Waals surface area contributed by atoms with E-state index in [1.807, 2.05) is 0 Å². The fraction of sp³-hybridized carbons (Fsp3) is 0.429. The Morgan fingerprint density at radius 3 is 2.50 bits per heavy atom. The van der Waals surface area contributed by atoms with Crippen molar-refractivity contribution in [1.82, 2.24) is 0 Å². The predicted octanol–water partition coefficient (Wildman–Crippen LogP) is 4.43. The van der Waals surface area contributed by atoms with Gasteiger partial charge < -0.3 is 19.6 Å². The molecule has 0 aliphatic heterocycles. The number of fused-ring (bicyclic) bond motifs is 1. The van der Waals surface area contributed by atoms with Crippen LogP contribution in [0.4, 0.5) is 8.78 Å². The maximum absolute atomic E-state index is 14.0. The van der Waals surface area contributed by atoms with Crippen LogP contribution in [0.5, 0.6) is 5.75 Å². The molecule has 10 heteroatoms. The Morgan fingerprint density at radius 1 is 1.33 bits per heavy atom. The second-order valence-electron chi connectivity index (χ2n) is 5.90. The largest absolute Gasteiger partial charge is 0.493 e. The standard InChI is InChI=1S/C14H16BrF2O5PS/c1-13(2,18)5-6-22-8-3-4-9-10(7-8)24-12(11(9)15)14(16,17)23(19,20)21/h3-4,7,18H,5-6H2,1-2H3,(H2,19,20,21). The van der Waals surface area contributed by atoms with Crippen LogP contribution in [0.2, 0.25) is 0 Å². The maximum atomic E-state index is 14.0. The van der Waals surface area contributed by atoms with Gasteiger partial charge in [-0.05, 0) is 48.0 Å². The number of ether oxygens (including phenoxy) is 1. The number of hydrogen-bond acceptors (Lipinski definition) is 4. The van der Waals surface area contributed by atoms with Crippen molar-refractivity contribution in [2.45, 2.75) is 31.5 Å². The van der Waals surface area contributed by atoms with E-state index in [-0.39, 0.29) is 11.1 Å². The molecule has 0 aliphatic carbocycles. The Bertz CT molecular complexity index is 796. The van der Waals surface area contributed by atoms with E-state index < -0.39 is 23.7 Å². The molecule has 0 fully saturated rings. The van der Waals surface area contributed by atoms with Gasteiger partial charge in [0, 0.05) is 21.0 Å². The lowest BCUT2D eigenvalue weighted by atomic mass is 10.1. The Hall–Kier alpha value is -0.570. The van der Waals surface area contributed by atoms with Crippen molar-refractivity contribution in [3.8, 4) is 5.75 Å². The second kappa shape index (κ2) is 6.63. The molecule has 5 nitrogen and oxygen atoms in total. The van der Waals surface area contributed by atoms with E-state index in [4.69, 9.17) is 14.5 Å². The second-order valence-corrected chi connectivity index (χ2v) is 9.39. The summed E-state index contributed by atoms with van der Waals surface area (Å²) in [5.74, 6) is 0.423. The third kappa shape index (κ3) is 4.15. The summed E-state index contributed by atoms with van der Waals surface area (Å²) in [6.45, 7) is 3.53. The van der Waals surface area contributed by atoms with Crippen LogP contribution in [-0.4, -0.2) is 27.1 Å². The molecule has 0 atom stereocenters. The molecule has 0 unspecified atom stereocenters. The molecule has 0 spiro atoms. The van der Waals surface area contributed by atoms with Gasteiger partial charge in [0.05, 0.1) is 12.2 Å². The van der Waals surface area contributed by atoms with Crippen LogP contribution >= 0.6 is 34.9 Å². The van der Waals surface area contributed by atoms with E-state index in [0.29, 0.717) is 33.6 Å². The lowest BCUT2D eigenvalue weighted by Gasteiger charge is -2.17. The van der Waals surface area contributed by atoms with Gasteiger partial charge in [-0.15, -0.1) is 11.3 Å². The highest BCUT2D eigenvalue weighted by atomic mass is 79.9. The minimum absolute atomic E-state index is 0.0427. The maximum Gasteiger partial charge on any atom is 0.400 e. The van der Waals surface area contributed by atoms with Gasteiger partial charge in [-0.3, -0.25) is 4.57 Å². The number of alkyl halides is 2. The van der Waals surface area contributed by atoms with Gasteiger partial charge in [0.25, 0.3) is 0 Å². The molecule has 0 amide bonds. The molecule has 3 N–H and O–H groups in total. The van der Waals surface area contributed by atoms with E-state index in [9.17, 15) is 18.5 Å². The molecule has 1 aromatic carbocycles. The monoisotopic (exact) mass is 444 g/mol. The Kier molecular flexibility index (Phi) is 5.45. The zero-order chi connectivity index (χ0) is 18.3. The van der Waals surface area contributed by atoms with Crippen molar-refractivity contribution in [1.29, 1.82) is 0 Å². The van der Waals surface area contributed by atoms with Gasteiger partial charge >= 0.3 is 13.3 Å². The van der Waals surface area contributed by atoms with Gasteiger partial charge in [0.2, 0.25) is 0 Å². The van der Waals surface area contributed by atoms with Gasteiger partial charge in [0.1, 0.15) is 10.6 Å². The predicted molar refractivity (Wildman–Crippen MR) is 91.9 cm³/mol. The van der Waals surface area contributed by atoms with Crippen LogP contribution < -0.4 is 4.74 Å². The number of halogens is 3. The molecule has 0 aliphatic rings. The fourth-order valence-corrected chi connectivity index (χ4v) is 4.87. The molecule has 24 heavy (non-hydrogen) atoms. The molecule has 1 heterocycles. The van der Waals surface area contributed by atoms with Crippen LogP contribution in [0.3, 0.4) is 0 Å². The number of benzene rings is 1. The minimum Gasteiger partial charge on any atom is -0.493 e. The summed E-state index contributed by atoms with van der Waals surface area (Å²) in [5.41, 5.74) is -5.15. The smallest absolute Gasteiger partial charge is 0.400 e. The summed E-state index contributed by atoms with van der Waals surface area (Å²) >= 11 is 3.59. The highest BCUT2D eigenvalue weighted by molar-refractivity contribution is 9.10. The van der Waals surface area contributed by atoms with Gasteiger partial charge in [0.15, 0.2) is 0 Å². The Labute approximate surface area is 149 Å². The van der Waals surface area contributed by atoms with Crippen LogP contribution in [0.15, 0.2) is 22.7 Å². The van der Waals surface area contributed by atoms with Crippen molar-refractivity contribution in [3.63, 3.8) is 0 Å².